The number of amides is 1. The van der Waals surface area contributed by atoms with Crippen molar-refractivity contribution in [2.24, 2.45) is 10.9 Å². The molecule has 136 valence electrons. The van der Waals surface area contributed by atoms with Gasteiger partial charge in [-0.05, 0) is 18.6 Å². The summed E-state index contributed by atoms with van der Waals surface area (Å²) in [5.74, 6) is 0.571. The second-order valence-corrected chi connectivity index (χ2v) is 9.77. The first-order valence-corrected chi connectivity index (χ1v) is 11.0. The molecule has 0 unspecified atom stereocenters. The monoisotopic (exact) mass is 382 g/mol. The third-order valence-electron chi connectivity index (χ3n) is 4.64. The van der Waals surface area contributed by atoms with E-state index in [9.17, 15) is 13.2 Å². The van der Waals surface area contributed by atoms with E-state index in [1.807, 2.05) is 43.0 Å². The van der Waals surface area contributed by atoms with Crippen molar-refractivity contribution >= 4 is 38.4 Å². The molecule has 0 spiro atoms. The van der Waals surface area contributed by atoms with Crippen LogP contribution in [0.5, 0.6) is 5.75 Å². The van der Waals surface area contributed by atoms with Crippen LogP contribution in [0.1, 0.15) is 20.3 Å². The fraction of sp³-hybridized carbons (Fsp3) is 0.529. The summed E-state index contributed by atoms with van der Waals surface area (Å²) in [6.07, 6.45) is 0.723. The van der Waals surface area contributed by atoms with Gasteiger partial charge >= 0.3 is 0 Å². The van der Waals surface area contributed by atoms with Crippen LogP contribution in [-0.2, 0) is 14.6 Å². The summed E-state index contributed by atoms with van der Waals surface area (Å²) in [7, 11) is -1.48. The van der Waals surface area contributed by atoms with E-state index in [1.54, 1.807) is 7.11 Å². The van der Waals surface area contributed by atoms with Gasteiger partial charge in [-0.1, -0.05) is 31.7 Å². The first-order valence-electron chi connectivity index (χ1n) is 8.27. The van der Waals surface area contributed by atoms with Crippen LogP contribution < -0.4 is 9.64 Å². The molecule has 2 aliphatic rings. The molecule has 6 nitrogen and oxygen atoms in total. The van der Waals surface area contributed by atoms with Crippen LogP contribution in [0, 0.1) is 5.92 Å². The minimum atomic E-state index is -3.07. The fourth-order valence-corrected chi connectivity index (χ4v) is 6.93. The molecule has 2 saturated heterocycles. The predicted molar refractivity (Wildman–Crippen MR) is 101 cm³/mol. The summed E-state index contributed by atoms with van der Waals surface area (Å²) in [6.45, 7) is 3.80. The Labute approximate surface area is 152 Å². The maximum Gasteiger partial charge on any atom is 0.250 e. The molecule has 2 fully saturated rings. The summed E-state index contributed by atoms with van der Waals surface area (Å²) < 4.78 is 29.4. The molecule has 0 bridgehead atoms. The third-order valence-corrected chi connectivity index (χ3v) is 7.85. The SMILES string of the molecule is CC[C@H](C)C(=O)N=C1S[C@@H]2CS(=O)(=O)C[C@H]2N1c1cccc(OC)c1. The van der Waals surface area contributed by atoms with Crippen LogP contribution in [0.2, 0.25) is 0 Å². The number of hydrogen-bond acceptors (Lipinski definition) is 5. The van der Waals surface area contributed by atoms with Crippen molar-refractivity contribution < 1.29 is 17.9 Å². The predicted octanol–water partition coefficient (Wildman–Crippen LogP) is 2.34. The van der Waals surface area contributed by atoms with Crippen LogP contribution in [0.15, 0.2) is 29.3 Å². The van der Waals surface area contributed by atoms with Gasteiger partial charge in [0.2, 0.25) is 0 Å². The molecule has 1 aromatic rings. The third kappa shape index (κ3) is 3.69. The highest BCUT2D eigenvalue weighted by Gasteiger charge is 2.49. The van der Waals surface area contributed by atoms with Gasteiger partial charge in [-0.25, -0.2) is 8.42 Å². The molecule has 2 aliphatic heterocycles. The Kier molecular flexibility index (Phi) is 5.11. The molecule has 8 heteroatoms. The highest BCUT2D eigenvalue weighted by molar-refractivity contribution is 8.16. The fourth-order valence-electron chi connectivity index (χ4n) is 3.01. The number of amidine groups is 1. The van der Waals surface area contributed by atoms with Crippen molar-refractivity contribution in [3.05, 3.63) is 24.3 Å². The summed E-state index contributed by atoms with van der Waals surface area (Å²) in [5, 5.41) is 0.489. The first-order chi connectivity index (χ1) is 11.8. The summed E-state index contributed by atoms with van der Waals surface area (Å²) in [6, 6.07) is 7.21. The van der Waals surface area contributed by atoms with Crippen molar-refractivity contribution in [3.63, 3.8) is 0 Å². The molecular weight excluding hydrogens is 360 g/mol. The molecule has 0 aliphatic carbocycles. The van der Waals surface area contributed by atoms with Gasteiger partial charge in [0.05, 0.1) is 24.7 Å². The smallest absolute Gasteiger partial charge is 0.250 e. The number of nitrogens with zero attached hydrogens (tertiary/aromatic N) is 2. The van der Waals surface area contributed by atoms with Crippen LogP contribution in [0.4, 0.5) is 5.69 Å². The Morgan fingerprint density at radius 2 is 2.20 bits per heavy atom. The lowest BCUT2D eigenvalue weighted by Gasteiger charge is -2.25. The largest absolute Gasteiger partial charge is 0.497 e. The number of hydrogen-bond donors (Lipinski definition) is 0. The Bertz CT molecular complexity index is 807. The van der Waals surface area contributed by atoms with Crippen molar-refractivity contribution in [2.75, 3.05) is 23.5 Å². The normalized spacial score (nSPS) is 27.3. The van der Waals surface area contributed by atoms with Gasteiger partial charge in [0.15, 0.2) is 15.0 Å². The number of ether oxygens (including phenoxy) is 1. The van der Waals surface area contributed by atoms with Gasteiger partial charge in [-0.2, -0.15) is 4.99 Å². The number of benzene rings is 1. The topological polar surface area (TPSA) is 76.0 Å². The van der Waals surface area contributed by atoms with E-state index < -0.39 is 9.84 Å². The van der Waals surface area contributed by atoms with E-state index in [4.69, 9.17) is 4.74 Å². The number of aliphatic imine (C=N–C) groups is 1. The zero-order chi connectivity index (χ0) is 18.2. The molecule has 2 heterocycles. The van der Waals surface area contributed by atoms with Gasteiger partial charge in [0.1, 0.15) is 5.75 Å². The number of thioether (sulfide) groups is 1. The van der Waals surface area contributed by atoms with Crippen LogP contribution >= 0.6 is 11.8 Å². The Morgan fingerprint density at radius 1 is 1.44 bits per heavy atom. The van der Waals surface area contributed by atoms with Gasteiger partial charge in [-0.15, -0.1) is 0 Å². The molecule has 0 aromatic heterocycles. The van der Waals surface area contributed by atoms with E-state index in [0.29, 0.717) is 10.9 Å². The van der Waals surface area contributed by atoms with Crippen LogP contribution in [0.25, 0.3) is 0 Å². The highest BCUT2D eigenvalue weighted by Crippen LogP contribution is 2.41. The molecule has 3 atom stereocenters. The molecule has 0 N–H and O–H groups in total. The maximum absolute atomic E-state index is 12.3. The van der Waals surface area contributed by atoms with E-state index in [0.717, 1.165) is 12.1 Å². The average molecular weight is 383 g/mol. The number of fused-ring (bicyclic) bond motifs is 1. The summed E-state index contributed by atoms with van der Waals surface area (Å²) in [5.41, 5.74) is 0.798. The number of methoxy groups -OCH3 is 1. The maximum atomic E-state index is 12.3. The van der Waals surface area contributed by atoms with E-state index in [1.165, 1.54) is 11.8 Å². The molecule has 3 rings (SSSR count). The summed E-state index contributed by atoms with van der Waals surface area (Å²) in [4.78, 5) is 18.5. The Hall–Kier alpha value is -1.54. The molecule has 1 aromatic carbocycles. The van der Waals surface area contributed by atoms with Crippen molar-refractivity contribution in [2.45, 2.75) is 31.6 Å². The number of sulfone groups is 1. The van der Waals surface area contributed by atoms with E-state index >= 15 is 0 Å². The van der Waals surface area contributed by atoms with Crippen molar-refractivity contribution in [3.8, 4) is 5.75 Å². The number of rotatable bonds is 4. The standard InChI is InChI=1S/C17H22N2O4S2/c1-4-11(2)16(20)18-17-19(12-6-5-7-13(8-12)23-3)14-9-25(21,22)10-15(14)24-17/h5-8,11,14-15H,4,9-10H2,1-3H3/t11-,14+,15+/m0/s1. The zero-order valence-electron chi connectivity index (χ0n) is 14.5. The lowest BCUT2D eigenvalue weighted by molar-refractivity contribution is -0.121. The second-order valence-electron chi connectivity index (χ2n) is 6.41. The molecule has 0 saturated carbocycles. The van der Waals surface area contributed by atoms with E-state index in [2.05, 4.69) is 4.99 Å². The zero-order valence-corrected chi connectivity index (χ0v) is 16.1. The quantitative estimate of drug-likeness (QED) is 0.796. The van der Waals surface area contributed by atoms with Crippen LogP contribution in [-0.4, -0.2) is 49.4 Å². The lowest BCUT2D eigenvalue weighted by Crippen LogP contribution is -2.37. The Balaban J connectivity index is 2.00. The molecular formula is C17H22N2O4S2. The van der Waals surface area contributed by atoms with E-state index in [-0.39, 0.29) is 34.6 Å². The number of carbonyl (C=O) groups excluding carboxylic acids is 1. The highest BCUT2D eigenvalue weighted by atomic mass is 32.2. The van der Waals surface area contributed by atoms with Gasteiger partial charge < -0.3 is 9.64 Å². The number of carbonyl (C=O) groups is 1. The van der Waals surface area contributed by atoms with Gasteiger partial charge in [0, 0.05) is 22.9 Å². The minimum Gasteiger partial charge on any atom is -0.497 e. The minimum absolute atomic E-state index is 0.0818. The second kappa shape index (κ2) is 6.99. The summed E-state index contributed by atoms with van der Waals surface area (Å²) >= 11 is 1.39. The number of anilines is 1. The van der Waals surface area contributed by atoms with Crippen molar-refractivity contribution in [1.29, 1.82) is 0 Å². The molecule has 0 radical (unpaired) electrons. The van der Waals surface area contributed by atoms with Gasteiger partial charge in [0.25, 0.3) is 5.91 Å². The van der Waals surface area contributed by atoms with Gasteiger partial charge in [-0.3, -0.25) is 4.79 Å². The average Bonchev–Trinajstić information content (AvgIpc) is 3.04. The Morgan fingerprint density at radius 3 is 2.88 bits per heavy atom. The lowest BCUT2D eigenvalue weighted by atomic mass is 10.1. The van der Waals surface area contributed by atoms with Crippen molar-refractivity contribution in [1.82, 2.24) is 0 Å². The first kappa shape index (κ1) is 18.3. The molecule has 25 heavy (non-hydrogen) atoms. The van der Waals surface area contributed by atoms with Crippen LogP contribution in [0.3, 0.4) is 0 Å². The molecule has 1 amide bonds.